The second kappa shape index (κ2) is 10.3. The van der Waals surface area contributed by atoms with E-state index in [0.717, 1.165) is 35.6 Å². The minimum Gasteiger partial charge on any atom is -0.495 e. The molecule has 0 amide bonds. The van der Waals surface area contributed by atoms with Gasteiger partial charge >= 0.3 is 0 Å². The summed E-state index contributed by atoms with van der Waals surface area (Å²) in [5, 5.41) is 3.09. The number of rotatable bonds is 6. The molecule has 3 N–H and O–H groups in total. The lowest BCUT2D eigenvalue weighted by molar-refractivity contribution is 0.208. The Morgan fingerprint density at radius 1 is 1.08 bits per heavy atom. The molecular weight excluding hydrogens is 441 g/mol. The van der Waals surface area contributed by atoms with Gasteiger partial charge in [-0.3, -0.25) is 0 Å². The highest BCUT2D eigenvalue weighted by Gasteiger charge is 2.17. The van der Waals surface area contributed by atoms with E-state index < -0.39 is 0 Å². The lowest BCUT2D eigenvalue weighted by Crippen LogP contribution is -2.23. The summed E-state index contributed by atoms with van der Waals surface area (Å²) in [6.07, 6.45) is 5.10. The van der Waals surface area contributed by atoms with Crippen molar-refractivity contribution in [1.29, 1.82) is 0 Å². The number of nitrogens with zero attached hydrogens (tertiary/aromatic N) is 1. The van der Waals surface area contributed by atoms with Gasteiger partial charge in [0.2, 0.25) is 0 Å². The van der Waals surface area contributed by atoms with Crippen molar-refractivity contribution >= 4 is 35.6 Å². The zero-order valence-electron chi connectivity index (χ0n) is 15.0. The summed E-state index contributed by atoms with van der Waals surface area (Å²) in [7, 11) is 1.63. The fourth-order valence-electron chi connectivity index (χ4n) is 3.03. The van der Waals surface area contributed by atoms with Crippen LogP contribution in [0.4, 0.5) is 5.69 Å². The molecule has 0 saturated heterocycles. The van der Waals surface area contributed by atoms with E-state index in [0.29, 0.717) is 18.6 Å². The van der Waals surface area contributed by atoms with Crippen molar-refractivity contribution in [2.24, 2.45) is 10.7 Å². The normalized spacial score (nSPS) is 14.6. The number of hydrogen-bond acceptors (Lipinski definition) is 3. The summed E-state index contributed by atoms with van der Waals surface area (Å²) in [6.45, 7) is 0.469. The lowest BCUT2D eigenvalue weighted by Gasteiger charge is -2.16. The van der Waals surface area contributed by atoms with Gasteiger partial charge in [-0.05, 0) is 43.9 Å². The van der Waals surface area contributed by atoms with Gasteiger partial charge in [-0.2, -0.15) is 0 Å². The third-order valence-corrected chi connectivity index (χ3v) is 4.36. The smallest absolute Gasteiger partial charge is 0.193 e. The Balaban J connectivity index is 0.00000243. The van der Waals surface area contributed by atoms with E-state index in [-0.39, 0.29) is 24.0 Å². The van der Waals surface area contributed by atoms with Crippen molar-refractivity contribution in [2.75, 3.05) is 12.4 Å². The van der Waals surface area contributed by atoms with Crippen molar-refractivity contribution < 1.29 is 9.47 Å². The number of ether oxygens (including phenoxy) is 2. The number of methoxy groups -OCH3 is 1. The van der Waals surface area contributed by atoms with E-state index >= 15 is 0 Å². The van der Waals surface area contributed by atoms with Gasteiger partial charge < -0.3 is 20.5 Å². The first-order chi connectivity index (χ1) is 12.3. The second-order valence-electron chi connectivity index (χ2n) is 6.16. The van der Waals surface area contributed by atoms with Crippen molar-refractivity contribution in [2.45, 2.75) is 38.3 Å². The van der Waals surface area contributed by atoms with Gasteiger partial charge in [0.1, 0.15) is 11.5 Å². The molecule has 6 heteroatoms. The summed E-state index contributed by atoms with van der Waals surface area (Å²) >= 11 is 0. The molecule has 0 aromatic heterocycles. The molecule has 2 aromatic carbocycles. The highest BCUT2D eigenvalue weighted by molar-refractivity contribution is 14.0. The fraction of sp³-hybridized carbons (Fsp3) is 0.350. The van der Waals surface area contributed by atoms with Crippen LogP contribution in [0.15, 0.2) is 53.5 Å². The van der Waals surface area contributed by atoms with Crippen LogP contribution >= 0.6 is 24.0 Å². The molecule has 0 bridgehead atoms. The summed E-state index contributed by atoms with van der Waals surface area (Å²) in [6, 6.07) is 15.6. The third kappa shape index (κ3) is 5.52. The van der Waals surface area contributed by atoms with E-state index in [4.69, 9.17) is 15.2 Å². The first kappa shape index (κ1) is 20.4. The standard InChI is InChI=1S/C20H25N3O2.HI/c1-24-19-13-7-5-11-17(19)23-20(21)22-14-15-8-2-6-12-18(15)25-16-9-3-4-10-16;/h2,5-8,11-13,16H,3-4,9-10,14H2,1H3,(H3,21,22,23);1H. The van der Waals surface area contributed by atoms with E-state index in [9.17, 15) is 0 Å². The minimum atomic E-state index is 0. The molecule has 2 aromatic rings. The highest BCUT2D eigenvalue weighted by Crippen LogP contribution is 2.27. The zero-order valence-corrected chi connectivity index (χ0v) is 17.3. The second-order valence-corrected chi connectivity index (χ2v) is 6.16. The van der Waals surface area contributed by atoms with Crippen molar-refractivity contribution in [3.8, 4) is 11.5 Å². The van der Waals surface area contributed by atoms with Crippen LogP contribution < -0.4 is 20.5 Å². The molecule has 26 heavy (non-hydrogen) atoms. The van der Waals surface area contributed by atoms with Crippen LogP contribution in [-0.4, -0.2) is 19.2 Å². The Hall–Kier alpha value is -1.96. The molecule has 1 aliphatic carbocycles. The topological polar surface area (TPSA) is 68.9 Å². The quantitative estimate of drug-likeness (QED) is 0.371. The molecule has 1 aliphatic rings. The highest BCUT2D eigenvalue weighted by atomic mass is 127. The molecule has 1 saturated carbocycles. The number of anilines is 1. The van der Waals surface area contributed by atoms with E-state index in [2.05, 4.69) is 10.3 Å². The molecule has 0 aliphatic heterocycles. The Kier molecular flexibility index (Phi) is 8.03. The number of guanidine groups is 1. The Bertz CT molecular complexity index is 731. The maximum atomic E-state index is 6.14. The number of benzene rings is 2. The molecule has 0 spiro atoms. The molecule has 5 nitrogen and oxygen atoms in total. The predicted molar refractivity (Wildman–Crippen MR) is 117 cm³/mol. The van der Waals surface area contributed by atoms with Crippen molar-refractivity contribution in [1.82, 2.24) is 0 Å². The van der Waals surface area contributed by atoms with Crippen LogP contribution in [0, 0.1) is 0 Å². The van der Waals surface area contributed by atoms with Gasteiger partial charge in [0.15, 0.2) is 5.96 Å². The van der Waals surface area contributed by atoms with Crippen LogP contribution in [0.3, 0.4) is 0 Å². The summed E-state index contributed by atoms with van der Waals surface area (Å²) in [4.78, 5) is 4.45. The molecule has 0 radical (unpaired) electrons. The van der Waals surface area contributed by atoms with Gasteiger partial charge in [0, 0.05) is 5.56 Å². The summed E-state index contributed by atoms with van der Waals surface area (Å²) < 4.78 is 11.5. The number of aliphatic imine (C=N–C) groups is 1. The summed E-state index contributed by atoms with van der Waals surface area (Å²) in [5.74, 6) is 1.98. The monoisotopic (exact) mass is 467 g/mol. The first-order valence-corrected chi connectivity index (χ1v) is 8.71. The largest absolute Gasteiger partial charge is 0.495 e. The lowest BCUT2D eigenvalue weighted by atomic mass is 10.2. The third-order valence-electron chi connectivity index (χ3n) is 4.36. The van der Waals surface area contributed by atoms with E-state index in [1.807, 2.05) is 48.5 Å². The van der Waals surface area contributed by atoms with Gasteiger partial charge in [0.05, 0.1) is 25.4 Å². The molecule has 3 rings (SSSR count). The van der Waals surface area contributed by atoms with Crippen LogP contribution in [0.2, 0.25) is 0 Å². The van der Waals surface area contributed by atoms with E-state index in [1.165, 1.54) is 12.8 Å². The van der Waals surface area contributed by atoms with Gasteiger partial charge in [-0.25, -0.2) is 4.99 Å². The molecule has 1 fully saturated rings. The summed E-state index contributed by atoms with van der Waals surface area (Å²) in [5.41, 5.74) is 7.87. The van der Waals surface area contributed by atoms with Gasteiger partial charge in [-0.15, -0.1) is 24.0 Å². The molecule has 0 atom stereocenters. The molecular formula is C20H26IN3O2. The molecule has 140 valence electrons. The number of nitrogens with one attached hydrogen (secondary N) is 1. The Morgan fingerprint density at radius 3 is 2.46 bits per heavy atom. The number of halogens is 1. The fourth-order valence-corrected chi connectivity index (χ4v) is 3.03. The van der Waals surface area contributed by atoms with Crippen LogP contribution in [-0.2, 0) is 6.54 Å². The number of para-hydroxylation sites is 3. The number of nitrogens with two attached hydrogens (primary N) is 1. The van der Waals surface area contributed by atoms with Crippen molar-refractivity contribution in [3.63, 3.8) is 0 Å². The van der Waals surface area contributed by atoms with E-state index in [1.54, 1.807) is 7.11 Å². The average molecular weight is 467 g/mol. The van der Waals surface area contributed by atoms with Gasteiger partial charge in [-0.1, -0.05) is 30.3 Å². The van der Waals surface area contributed by atoms with Crippen LogP contribution in [0.5, 0.6) is 11.5 Å². The predicted octanol–water partition coefficient (Wildman–Crippen LogP) is 4.56. The maximum Gasteiger partial charge on any atom is 0.193 e. The zero-order chi connectivity index (χ0) is 17.5. The van der Waals surface area contributed by atoms with Crippen LogP contribution in [0.1, 0.15) is 31.2 Å². The minimum absolute atomic E-state index is 0. The molecule has 0 unspecified atom stereocenters. The Morgan fingerprint density at radius 2 is 1.73 bits per heavy atom. The average Bonchev–Trinajstić information content (AvgIpc) is 3.14. The Labute approximate surface area is 172 Å². The molecule has 0 heterocycles. The van der Waals surface area contributed by atoms with Crippen molar-refractivity contribution in [3.05, 3.63) is 54.1 Å². The SMILES string of the molecule is COc1ccccc1NC(N)=NCc1ccccc1OC1CCCC1.I. The van der Waals surface area contributed by atoms with Gasteiger partial charge in [0.25, 0.3) is 0 Å². The first-order valence-electron chi connectivity index (χ1n) is 8.71. The van der Waals surface area contributed by atoms with Crippen LogP contribution in [0.25, 0.3) is 0 Å². The maximum absolute atomic E-state index is 6.14. The number of hydrogen-bond donors (Lipinski definition) is 2.